The lowest BCUT2D eigenvalue weighted by atomic mass is 10.5. The molecule has 0 bridgehead atoms. The minimum atomic E-state index is -3.72. The Morgan fingerprint density at radius 2 is 2.12 bits per heavy atom. The normalized spacial score (nSPS) is 11.2. The monoisotopic (exact) mass is 239 g/mol. The molecule has 0 saturated carbocycles. The predicted molar refractivity (Wildman–Crippen MR) is 58.0 cm³/mol. The van der Waals surface area contributed by atoms with Crippen molar-refractivity contribution in [2.75, 3.05) is 10.5 Å². The fourth-order valence-corrected chi connectivity index (χ4v) is 2.24. The van der Waals surface area contributed by atoms with Crippen molar-refractivity contribution in [2.24, 2.45) is 0 Å². The second-order valence-electron chi connectivity index (χ2n) is 2.96. The van der Waals surface area contributed by atoms with Crippen molar-refractivity contribution < 1.29 is 8.42 Å². The van der Waals surface area contributed by atoms with Crippen LogP contribution in [0.5, 0.6) is 0 Å². The van der Waals surface area contributed by atoms with Gasteiger partial charge in [-0.1, -0.05) is 0 Å². The molecule has 0 aliphatic heterocycles. The van der Waals surface area contributed by atoms with Gasteiger partial charge in [-0.15, -0.1) is 0 Å². The number of nitrogens with two attached hydrogens (primary N) is 1. The molecule has 2 heterocycles. The van der Waals surface area contributed by atoms with Crippen LogP contribution in [0.25, 0.3) is 0 Å². The first-order valence-electron chi connectivity index (χ1n) is 4.32. The summed E-state index contributed by atoms with van der Waals surface area (Å²) in [6, 6.07) is 4.36. The minimum absolute atomic E-state index is 0.0467. The Hall–Kier alpha value is -2.09. The van der Waals surface area contributed by atoms with Crippen LogP contribution in [0.1, 0.15) is 0 Å². The lowest BCUT2D eigenvalue weighted by Gasteiger charge is -2.06. The first-order valence-corrected chi connectivity index (χ1v) is 5.80. The fraction of sp³-hybridized carbons (Fsp3) is 0. The molecule has 7 nitrogen and oxygen atoms in total. The molecule has 0 radical (unpaired) electrons. The molecule has 4 N–H and O–H groups in total. The van der Waals surface area contributed by atoms with Gasteiger partial charge in [0.05, 0.1) is 6.20 Å². The highest BCUT2D eigenvalue weighted by atomic mass is 32.2. The maximum absolute atomic E-state index is 11.8. The molecule has 0 atom stereocenters. The van der Waals surface area contributed by atoms with Crippen LogP contribution in [0.3, 0.4) is 0 Å². The second-order valence-corrected chi connectivity index (χ2v) is 4.61. The molecule has 0 unspecified atom stereocenters. The van der Waals surface area contributed by atoms with E-state index in [0.29, 0.717) is 0 Å². The quantitative estimate of drug-likeness (QED) is 0.707. The molecular formula is C8H9N5O2S. The predicted octanol–water partition coefficient (Wildman–Crippen LogP) is 0.188. The van der Waals surface area contributed by atoms with Crippen LogP contribution in [-0.4, -0.2) is 23.6 Å². The van der Waals surface area contributed by atoms with E-state index in [1.807, 2.05) is 0 Å². The zero-order chi connectivity index (χ0) is 11.6. The van der Waals surface area contributed by atoms with Crippen LogP contribution >= 0.6 is 0 Å². The number of pyridine rings is 1. The van der Waals surface area contributed by atoms with Crippen molar-refractivity contribution in [3.05, 3.63) is 30.6 Å². The van der Waals surface area contributed by atoms with Gasteiger partial charge in [0.15, 0.2) is 0 Å². The first-order chi connectivity index (χ1) is 7.59. The van der Waals surface area contributed by atoms with Crippen LogP contribution in [0.4, 0.5) is 11.6 Å². The maximum atomic E-state index is 11.8. The van der Waals surface area contributed by atoms with Crippen molar-refractivity contribution in [1.29, 1.82) is 0 Å². The fourth-order valence-electron chi connectivity index (χ4n) is 1.14. The third kappa shape index (κ3) is 1.96. The molecule has 8 heteroatoms. The third-order valence-corrected chi connectivity index (χ3v) is 3.25. The minimum Gasteiger partial charge on any atom is -0.383 e. The number of nitrogens with one attached hydrogen (secondary N) is 2. The number of hydrogen-bond donors (Lipinski definition) is 3. The van der Waals surface area contributed by atoms with Crippen LogP contribution in [0.2, 0.25) is 0 Å². The van der Waals surface area contributed by atoms with Crippen LogP contribution in [0, 0.1) is 0 Å². The summed E-state index contributed by atoms with van der Waals surface area (Å²) < 4.78 is 26.0. The molecule has 0 aliphatic rings. The Kier molecular flexibility index (Phi) is 2.49. The van der Waals surface area contributed by atoms with E-state index in [4.69, 9.17) is 5.73 Å². The second kappa shape index (κ2) is 3.81. The molecule has 0 amide bonds. The standard InChI is InChI=1S/C8H9N5O2S/c9-8-6(2-1-4-10-8)16(14,15)13-7-3-5-11-12-7/h1-5H,(H2,9,10)(H2,11,12,13). The SMILES string of the molecule is Nc1ncccc1S(=O)(=O)Nc1ccn[nH]1. The topological polar surface area (TPSA) is 114 Å². The number of nitrogens with zero attached hydrogens (tertiary/aromatic N) is 2. The largest absolute Gasteiger partial charge is 0.383 e. The summed E-state index contributed by atoms with van der Waals surface area (Å²) in [5, 5.41) is 6.10. The Morgan fingerprint density at radius 3 is 2.75 bits per heavy atom. The Labute approximate surface area is 91.8 Å². The van der Waals surface area contributed by atoms with Gasteiger partial charge in [0, 0.05) is 12.3 Å². The molecule has 84 valence electrons. The lowest BCUT2D eigenvalue weighted by molar-refractivity contribution is 0.601. The van der Waals surface area contributed by atoms with Crippen molar-refractivity contribution in [2.45, 2.75) is 4.90 Å². The Balaban J connectivity index is 2.37. The number of nitrogen functional groups attached to an aromatic ring is 1. The number of rotatable bonds is 3. The Bertz CT molecular complexity index is 578. The smallest absolute Gasteiger partial charge is 0.266 e. The van der Waals surface area contributed by atoms with Gasteiger partial charge in [0.25, 0.3) is 10.0 Å². The summed E-state index contributed by atoms with van der Waals surface area (Å²) >= 11 is 0. The molecule has 2 aromatic rings. The summed E-state index contributed by atoms with van der Waals surface area (Å²) in [5.41, 5.74) is 5.48. The number of anilines is 2. The molecule has 2 aromatic heterocycles. The summed E-state index contributed by atoms with van der Waals surface area (Å²) in [5.74, 6) is 0.220. The van der Waals surface area contributed by atoms with E-state index in [2.05, 4.69) is 19.9 Å². The zero-order valence-electron chi connectivity index (χ0n) is 8.08. The highest BCUT2D eigenvalue weighted by molar-refractivity contribution is 7.92. The van der Waals surface area contributed by atoms with Crippen molar-refractivity contribution in [3.8, 4) is 0 Å². The van der Waals surface area contributed by atoms with Crippen LogP contribution < -0.4 is 10.5 Å². The van der Waals surface area contributed by atoms with E-state index < -0.39 is 10.0 Å². The van der Waals surface area contributed by atoms with Gasteiger partial charge in [0.1, 0.15) is 16.5 Å². The molecule has 0 aromatic carbocycles. The van der Waals surface area contributed by atoms with Gasteiger partial charge in [-0.2, -0.15) is 5.10 Å². The first kappa shape index (κ1) is 10.4. The average Bonchev–Trinajstić information content (AvgIpc) is 2.70. The van der Waals surface area contributed by atoms with Gasteiger partial charge < -0.3 is 5.73 Å². The van der Waals surface area contributed by atoms with Crippen LogP contribution in [0.15, 0.2) is 35.5 Å². The van der Waals surface area contributed by atoms with Crippen LogP contribution in [-0.2, 0) is 10.0 Å². The Morgan fingerprint density at radius 1 is 1.31 bits per heavy atom. The van der Waals surface area contributed by atoms with E-state index >= 15 is 0 Å². The van der Waals surface area contributed by atoms with E-state index in [9.17, 15) is 8.42 Å². The number of hydrogen-bond acceptors (Lipinski definition) is 5. The number of H-pyrrole nitrogens is 1. The van der Waals surface area contributed by atoms with E-state index in [0.717, 1.165) is 0 Å². The highest BCUT2D eigenvalue weighted by Crippen LogP contribution is 2.17. The van der Waals surface area contributed by atoms with Gasteiger partial charge in [0.2, 0.25) is 0 Å². The molecule has 0 fully saturated rings. The maximum Gasteiger partial charge on any atom is 0.266 e. The molecule has 16 heavy (non-hydrogen) atoms. The number of aromatic amines is 1. The summed E-state index contributed by atoms with van der Waals surface area (Å²) in [7, 11) is -3.72. The lowest BCUT2D eigenvalue weighted by Crippen LogP contribution is -2.15. The van der Waals surface area contributed by atoms with Crippen molar-refractivity contribution in [1.82, 2.24) is 15.2 Å². The average molecular weight is 239 g/mol. The molecular weight excluding hydrogens is 230 g/mol. The molecule has 0 spiro atoms. The van der Waals surface area contributed by atoms with Gasteiger partial charge in [-0.05, 0) is 12.1 Å². The van der Waals surface area contributed by atoms with Crippen molar-refractivity contribution in [3.63, 3.8) is 0 Å². The molecule has 2 rings (SSSR count). The van der Waals surface area contributed by atoms with E-state index in [1.54, 1.807) is 0 Å². The van der Waals surface area contributed by atoms with Gasteiger partial charge in [-0.3, -0.25) is 9.82 Å². The third-order valence-electron chi connectivity index (χ3n) is 1.83. The van der Waals surface area contributed by atoms with Gasteiger partial charge >= 0.3 is 0 Å². The van der Waals surface area contributed by atoms with E-state index in [1.165, 1.54) is 30.6 Å². The number of sulfonamides is 1. The summed E-state index contributed by atoms with van der Waals surface area (Å²) in [4.78, 5) is 3.64. The molecule has 0 aliphatic carbocycles. The highest BCUT2D eigenvalue weighted by Gasteiger charge is 2.18. The van der Waals surface area contributed by atoms with Crippen molar-refractivity contribution >= 4 is 21.7 Å². The number of aromatic nitrogens is 3. The van der Waals surface area contributed by atoms with E-state index in [-0.39, 0.29) is 16.5 Å². The summed E-state index contributed by atoms with van der Waals surface area (Å²) in [6.45, 7) is 0. The molecule has 0 saturated heterocycles. The summed E-state index contributed by atoms with van der Waals surface area (Å²) in [6.07, 6.45) is 2.86. The van der Waals surface area contributed by atoms with Gasteiger partial charge in [-0.25, -0.2) is 13.4 Å². The zero-order valence-corrected chi connectivity index (χ0v) is 8.90.